The van der Waals surface area contributed by atoms with E-state index in [-0.39, 0.29) is 43.1 Å². The van der Waals surface area contributed by atoms with Crippen LogP contribution in [0.2, 0.25) is 0 Å². The van der Waals surface area contributed by atoms with Gasteiger partial charge in [-0.2, -0.15) is 0 Å². The number of aliphatic hydroxyl groups is 1. The van der Waals surface area contributed by atoms with Gasteiger partial charge < -0.3 is 25.7 Å². The smallest absolute Gasteiger partial charge is 0.303 e. The fourth-order valence-corrected chi connectivity index (χ4v) is 6.68. The molecule has 3 amide bonds. The van der Waals surface area contributed by atoms with Gasteiger partial charge in [0.1, 0.15) is 12.1 Å². The predicted octanol–water partition coefficient (Wildman–Crippen LogP) is 5.77. The molecule has 4 atom stereocenters. The number of hydrogen-bond acceptors (Lipinski definition) is 7. The number of carbonyl (C=O) groups is 4. The van der Waals surface area contributed by atoms with Crippen molar-refractivity contribution in [1.82, 2.24) is 20.5 Å². The second kappa shape index (κ2) is 17.6. The van der Waals surface area contributed by atoms with Gasteiger partial charge in [-0.05, 0) is 43.2 Å². The van der Waals surface area contributed by atoms with Gasteiger partial charge in [-0.15, -0.1) is 11.3 Å². The number of carbonyl (C=O) groups excluding carboxylic acids is 3. The second-order valence-electron chi connectivity index (χ2n) is 13.6. The Morgan fingerprint density at radius 3 is 2.09 bits per heavy atom. The lowest BCUT2D eigenvalue weighted by atomic mass is 9.85. The van der Waals surface area contributed by atoms with Gasteiger partial charge in [0.25, 0.3) is 0 Å². The first-order valence-corrected chi connectivity index (χ1v) is 17.5. The van der Waals surface area contributed by atoms with E-state index in [1.165, 1.54) is 4.90 Å². The van der Waals surface area contributed by atoms with Crippen LogP contribution in [0.25, 0.3) is 10.4 Å². The molecule has 10 nitrogen and oxygen atoms in total. The summed E-state index contributed by atoms with van der Waals surface area (Å²) in [6.07, 6.45) is 7.24. The topological polar surface area (TPSA) is 149 Å². The van der Waals surface area contributed by atoms with Crippen LogP contribution in [0.1, 0.15) is 116 Å². The van der Waals surface area contributed by atoms with Gasteiger partial charge in [-0.25, -0.2) is 4.98 Å². The molecule has 2 heterocycles. The minimum absolute atomic E-state index is 0.0347. The molecule has 3 rings (SSSR count). The molecule has 0 saturated carbocycles. The highest BCUT2D eigenvalue weighted by Crippen LogP contribution is 2.29. The number of thiazole rings is 1. The molecule has 0 radical (unpaired) electrons. The van der Waals surface area contributed by atoms with E-state index in [4.69, 9.17) is 5.11 Å². The predicted molar refractivity (Wildman–Crippen MR) is 180 cm³/mol. The summed E-state index contributed by atoms with van der Waals surface area (Å²) in [5.41, 5.74) is 4.18. The quantitative estimate of drug-likeness (QED) is 0.158. The lowest BCUT2D eigenvalue weighted by molar-refractivity contribution is -0.144. The second-order valence-corrected chi connectivity index (χ2v) is 14.5. The number of benzene rings is 1. The molecule has 1 saturated heterocycles. The summed E-state index contributed by atoms with van der Waals surface area (Å²) in [5.74, 6) is -1.64. The molecule has 0 bridgehead atoms. The number of likely N-dealkylation sites (tertiary alicyclic amines) is 1. The molecule has 1 fully saturated rings. The van der Waals surface area contributed by atoms with Crippen LogP contribution >= 0.6 is 11.3 Å². The van der Waals surface area contributed by atoms with Gasteiger partial charge in [-0.3, -0.25) is 19.2 Å². The number of unbranched alkanes of at least 4 members (excludes halogenated alkanes) is 7. The van der Waals surface area contributed by atoms with Crippen molar-refractivity contribution in [3.63, 3.8) is 0 Å². The van der Waals surface area contributed by atoms with Gasteiger partial charge in [0.05, 0.1) is 28.2 Å². The third-order valence-corrected chi connectivity index (χ3v) is 9.58. The minimum Gasteiger partial charge on any atom is -0.481 e. The maximum atomic E-state index is 13.9. The summed E-state index contributed by atoms with van der Waals surface area (Å²) in [6.45, 7) is 9.55. The Kier molecular flexibility index (Phi) is 14.2. The van der Waals surface area contributed by atoms with Crippen molar-refractivity contribution in [2.75, 3.05) is 6.54 Å². The maximum Gasteiger partial charge on any atom is 0.303 e. The van der Waals surface area contributed by atoms with Crippen molar-refractivity contribution in [2.45, 2.75) is 129 Å². The molecule has 1 aromatic heterocycles. The first kappa shape index (κ1) is 37.2. The minimum atomic E-state index is -0.841. The molecule has 2 aromatic rings. The Morgan fingerprint density at radius 2 is 1.54 bits per heavy atom. The fourth-order valence-electron chi connectivity index (χ4n) is 5.87. The molecule has 4 N–H and O–H groups in total. The fraction of sp³-hybridized carbons (Fsp3) is 0.629. The molecule has 254 valence electrons. The zero-order valence-corrected chi connectivity index (χ0v) is 28.8. The highest BCUT2D eigenvalue weighted by Gasteiger charge is 2.44. The summed E-state index contributed by atoms with van der Waals surface area (Å²) >= 11 is 1.58. The van der Waals surface area contributed by atoms with Crippen molar-refractivity contribution in [1.29, 1.82) is 0 Å². The summed E-state index contributed by atoms with van der Waals surface area (Å²) < 4.78 is 0. The third-order valence-electron chi connectivity index (χ3n) is 8.60. The van der Waals surface area contributed by atoms with Crippen molar-refractivity contribution in [2.24, 2.45) is 5.41 Å². The van der Waals surface area contributed by atoms with E-state index in [2.05, 4.69) is 15.6 Å². The highest BCUT2D eigenvalue weighted by atomic mass is 32.1. The standard InChI is InChI=1S/C35H52N4O6S/c1-23(25-16-18-26(19-17-25)31-24(2)36-22-46-31)37-33(44)28-20-27(40)21-39(28)34(45)32(35(3,4)5)38-29(41)14-12-10-8-6-7-9-11-13-15-30(42)43/h16-19,22-23,27-28,32,40H,6-15,20-21H2,1-5H3,(H,37,44)(H,38,41)(H,42,43)/t23?,27-,28+,32-/m1/s1. The number of nitrogens with zero attached hydrogens (tertiary/aromatic N) is 2. The monoisotopic (exact) mass is 656 g/mol. The van der Waals surface area contributed by atoms with Gasteiger partial charge >= 0.3 is 5.97 Å². The van der Waals surface area contributed by atoms with E-state index in [0.717, 1.165) is 60.2 Å². The highest BCUT2D eigenvalue weighted by molar-refractivity contribution is 7.13. The Labute approximate surface area is 277 Å². The Morgan fingerprint density at radius 1 is 0.957 bits per heavy atom. The van der Waals surface area contributed by atoms with Crippen LogP contribution in [0.4, 0.5) is 0 Å². The van der Waals surface area contributed by atoms with Crippen molar-refractivity contribution < 1.29 is 29.4 Å². The molecule has 0 aliphatic carbocycles. The van der Waals surface area contributed by atoms with Crippen molar-refractivity contribution in [3.05, 3.63) is 41.0 Å². The van der Waals surface area contributed by atoms with Gasteiger partial charge in [-0.1, -0.05) is 83.6 Å². The summed E-state index contributed by atoms with van der Waals surface area (Å²) in [4.78, 5) is 57.7. The lowest BCUT2D eigenvalue weighted by Crippen LogP contribution is -2.57. The third kappa shape index (κ3) is 11.2. The molecule has 1 aromatic carbocycles. The summed E-state index contributed by atoms with van der Waals surface area (Å²) in [6, 6.07) is 5.98. The van der Waals surface area contributed by atoms with Crippen LogP contribution in [-0.4, -0.2) is 68.5 Å². The van der Waals surface area contributed by atoms with Gasteiger partial charge in [0.15, 0.2) is 0 Å². The number of rotatable bonds is 17. The van der Waals surface area contributed by atoms with E-state index in [1.807, 2.05) is 64.4 Å². The number of aliphatic hydroxyl groups excluding tert-OH is 1. The molecule has 46 heavy (non-hydrogen) atoms. The van der Waals surface area contributed by atoms with Crippen LogP contribution in [0, 0.1) is 12.3 Å². The number of aryl methyl sites for hydroxylation is 1. The largest absolute Gasteiger partial charge is 0.481 e. The van der Waals surface area contributed by atoms with E-state index in [9.17, 15) is 24.3 Å². The van der Waals surface area contributed by atoms with Gasteiger partial charge in [0, 0.05) is 25.8 Å². The molecule has 11 heteroatoms. The van der Waals surface area contributed by atoms with Crippen molar-refractivity contribution in [3.8, 4) is 10.4 Å². The zero-order valence-electron chi connectivity index (χ0n) is 28.0. The van der Waals surface area contributed by atoms with E-state index in [0.29, 0.717) is 19.3 Å². The lowest BCUT2D eigenvalue weighted by Gasteiger charge is -2.35. The maximum absolute atomic E-state index is 13.9. The number of carboxylic acids is 1. The number of carboxylic acid groups (broad SMARTS) is 1. The molecular formula is C35H52N4O6S. The Hall–Kier alpha value is -3.31. The van der Waals surface area contributed by atoms with E-state index < -0.39 is 29.6 Å². The number of amides is 3. The number of nitrogens with one attached hydrogen (secondary N) is 2. The van der Waals surface area contributed by atoms with Crippen molar-refractivity contribution >= 4 is 35.0 Å². The Bertz CT molecular complexity index is 1300. The number of β-amino-alcohol motifs (C(OH)–C–C–N with tert-alkyl or cyclic N) is 1. The van der Waals surface area contributed by atoms with Crippen LogP contribution in [0.15, 0.2) is 29.8 Å². The van der Waals surface area contributed by atoms with Crippen LogP contribution in [-0.2, 0) is 19.2 Å². The molecular weight excluding hydrogens is 604 g/mol. The average molecular weight is 657 g/mol. The summed E-state index contributed by atoms with van der Waals surface area (Å²) in [5, 5.41) is 25.2. The first-order chi connectivity index (χ1) is 21.8. The summed E-state index contributed by atoms with van der Waals surface area (Å²) in [7, 11) is 0. The SMILES string of the molecule is Cc1ncsc1-c1ccc(C(C)NC(=O)[C@@H]2C[C@@H](O)CN2C(=O)[C@@H](NC(=O)CCCCCCCCCCC(=O)O)C(C)(C)C)cc1. The Balaban J connectivity index is 1.51. The molecule has 0 spiro atoms. The number of aromatic nitrogens is 1. The van der Waals surface area contributed by atoms with Crippen LogP contribution in [0.3, 0.4) is 0 Å². The van der Waals surface area contributed by atoms with Crippen LogP contribution < -0.4 is 10.6 Å². The van der Waals surface area contributed by atoms with Gasteiger partial charge in [0.2, 0.25) is 17.7 Å². The average Bonchev–Trinajstić information content (AvgIpc) is 3.61. The molecule has 1 unspecified atom stereocenters. The number of aliphatic carboxylic acids is 1. The number of hydrogen-bond donors (Lipinski definition) is 4. The first-order valence-electron chi connectivity index (χ1n) is 16.6. The van der Waals surface area contributed by atoms with Crippen LogP contribution in [0.5, 0.6) is 0 Å². The van der Waals surface area contributed by atoms with E-state index in [1.54, 1.807) is 11.3 Å². The molecule has 1 aliphatic heterocycles. The zero-order chi connectivity index (χ0) is 33.9. The molecule has 1 aliphatic rings. The normalized spacial score (nSPS) is 17.8. The van der Waals surface area contributed by atoms with E-state index >= 15 is 0 Å².